The quantitative estimate of drug-likeness (QED) is 0.417. The first kappa shape index (κ1) is 9.90. The summed E-state index contributed by atoms with van der Waals surface area (Å²) in [5.74, 6) is -0.498. The van der Waals surface area contributed by atoms with Crippen LogP contribution < -0.4 is 0 Å². The van der Waals surface area contributed by atoms with Gasteiger partial charge in [-0.2, -0.15) is 0 Å². The molecule has 0 aromatic heterocycles. The van der Waals surface area contributed by atoms with Crippen LogP contribution in [0.25, 0.3) is 0 Å². The summed E-state index contributed by atoms with van der Waals surface area (Å²) in [5.41, 5.74) is 0. The van der Waals surface area contributed by atoms with Gasteiger partial charge in [0.2, 0.25) is 10.4 Å². The Labute approximate surface area is 70.4 Å². The second-order valence-electron chi connectivity index (χ2n) is 2.53. The second kappa shape index (κ2) is 2.95. The van der Waals surface area contributed by atoms with Crippen molar-refractivity contribution in [2.45, 2.75) is 12.5 Å². The molecule has 12 heavy (non-hydrogen) atoms. The van der Waals surface area contributed by atoms with Crippen LogP contribution in [0.4, 0.5) is 0 Å². The first-order chi connectivity index (χ1) is 5.29. The summed E-state index contributed by atoms with van der Waals surface area (Å²) >= 11 is 0. The SMILES string of the molecule is O=S1(=O)CCC(OS(=O)(=O)[O-])C1. The first-order valence-electron chi connectivity index (χ1n) is 3.13. The standard InChI is InChI=1S/C4H8O6S2/c5-11(6)2-1-4(3-11)10-12(7,8)9/h4H,1-3H2,(H,7,8,9)/p-1. The zero-order valence-electron chi connectivity index (χ0n) is 5.96. The molecule has 1 aliphatic rings. The summed E-state index contributed by atoms with van der Waals surface area (Å²) in [4.78, 5) is 0. The van der Waals surface area contributed by atoms with E-state index in [2.05, 4.69) is 4.18 Å². The van der Waals surface area contributed by atoms with E-state index in [0.717, 1.165) is 0 Å². The predicted octanol–water partition coefficient (Wildman–Crippen LogP) is -1.35. The van der Waals surface area contributed by atoms with Gasteiger partial charge in [0.1, 0.15) is 0 Å². The minimum atomic E-state index is -4.77. The monoisotopic (exact) mass is 215 g/mol. The second-order valence-corrected chi connectivity index (χ2v) is 5.77. The van der Waals surface area contributed by atoms with Crippen LogP contribution in [-0.2, 0) is 24.4 Å². The van der Waals surface area contributed by atoms with Gasteiger partial charge in [-0.1, -0.05) is 0 Å². The van der Waals surface area contributed by atoms with E-state index in [-0.39, 0.29) is 17.9 Å². The largest absolute Gasteiger partial charge is 0.726 e. The fourth-order valence-corrected chi connectivity index (χ4v) is 3.18. The van der Waals surface area contributed by atoms with Gasteiger partial charge in [0.05, 0.1) is 17.6 Å². The van der Waals surface area contributed by atoms with Crippen LogP contribution in [0.3, 0.4) is 0 Å². The lowest BCUT2D eigenvalue weighted by Crippen LogP contribution is -2.18. The molecule has 1 atom stereocenters. The molecule has 1 rings (SSSR count). The Balaban J connectivity index is 2.61. The van der Waals surface area contributed by atoms with Crippen LogP contribution in [-0.4, -0.2) is 39.0 Å². The third-order valence-electron chi connectivity index (χ3n) is 1.44. The predicted molar refractivity (Wildman–Crippen MR) is 37.8 cm³/mol. The molecule has 8 heteroatoms. The highest BCUT2D eigenvalue weighted by Gasteiger charge is 2.29. The zero-order chi connectivity index (χ0) is 9.41. The fraction of sp³-hybridized carbons (Fsp3) is 1.00. The molecule has 0 radical (unpaired) electrons. The van der Waals surface area contributed by atoms with Gasteiger partial charge < -0.3 is 4.55 Å². The molecule has 0 aromatic rings. The van der Waals surface area contributed by atoms with Gasteiger partial charge in [-0.05, 0) is 6.42 Å². The van der Waals surface area contributed by atoms with Crippen molar-refractivity contribution in [3.8, 4) is 0 Å². The van der Waals surface area contributed by atoms with Gasteiger partial charge in [0, 0.05) is 0 Å². The van der Waals surface area contributed by atoms with E-state index in [9.17, 15) is 21.4 Å². The maximum absolute atomic E-state index is 10.7. The van der Waals surface area contributed by atoms with E-state index >= 15 is 0 Å². The summed E-state index contributed by atoms with van der Waals surface area (Å²) in [6.07, 6.45) is -0.915. The van der Waals surface area contributed by atoms with E-state index in [1.165, 1.54) is 0 Å². The van der Waals surface area contributed by atoms with Crippen LogP contribution in [0.5, 0.6) is 0 Å². The fourth-order valence-electron chi connectivity index (χ4n) is 1.00. The maximum atomic E-state index is 10.7. The summed E-state index contributed by atoms with van der Waals surface area (Å²) < 4.78 is 55.5. The summed E-state index contributed by atoms with van der Waals surface area (Å²) in [6.45, 7) is 0. The Morgan fingerprint density at radius 1 is 1.42 bits per heavy atom. The van der Waals surface area contributed by atoms with Crippen LogP contribution in [0.15, 0.2) is 0 Å². The average molecular weight is 215 g/mol. The Hall–Kier alpha value is -0.180. The molecule has 0 bridgehead atoms. The molecular weight excluding hydrogens is 208 g/mol. The lowest BCUT2D eigenvalue weighted by molar-refractivity contribution is 0.199. The van der Waals surface area contributed by atoms with Gasteiger partial charge in [-0.15, -0.1) is 0 Å². The average Bonchev–Trinajstić information content (AvgIpc) is 2.05. The molecule has 1 fully saturated rings. The highest BCUT2D eigenvalue weighted by atomic mass is 32.3. The Morgan fingerprint density at radius 3 is 2.33 bits per heavy atom. The van der Waals surface area contributed by atoms with Crippen molar-refractivity contribution >= 4 is 20.2 Å². The maximum Gasteiger partial charge on any atom is 0.217 e. The summed E-state index contributed by atoms with van der Waals surface area (Å²) in [6, 6.07) is 0. The Kier molecular flexibility index (Phi) is 2.43. The molecule has 1 heterocycles. The molecule has 1 saturated heterocycles. The van der Waals surface area contributed by atoms with E-state index < -0.39 is 26.3 Å². The molecule has 1 aliphatic heterocycles. The van der Waals surface area contributed by atoms with Crippen LogP contribution in [0.1, 0.15) is 6.42 Å². The summed E-state index contributed by atoms with van der Waals surface area (Å²) in [5, 5.41) is 0. The summed E-state index contributed by atoms with van der Waals surface area (Å²) in [7, 11) is -7.97. The zero-order valence-corrected chi connectivity index (χ0v) is 7.60. The molecule has 0 spiro atoms. The van der Waals surface area contributed by atoms with Crippen LogP contribution in [0, 0.1) is 0 Å². The molecule has 0 saturated carbocycles. The molecular formula is C4H7O6S2-. The molecule has 0 N–H and O–H groups in total. The third kappa shape index (κ3) is 3.05. The third-order valence-corrected chi connectivity index (χ3v) is 3.69. The lowest BCUT2D eigenvalue weighted by Gasteiger charge is -2.11. The molecule has 0 amide bonds. The van der Waals surface area contributed by atoms with Crippen molar-refractivity contribution in [2.75, 3.05) is 11.5 Å². The number of rotatable bonds is 2. The van der Waals surface area contributed by atoms with E-state index in [4.69, 9.17) is 0 Å². The first-order valence-corrected chi connectivity index (χ1v) is 6.28. The number of hydrogen-bond donors (Lipinski definition) is 0. The molecule has 0 aromatic carbocycles. The Bertz CT molecular complexity index is 351. The van der Waals surface area contributed by atoms with Gasteiger partial charge in [0.25, 0.3) is 0 Å². The molecule has 72 valence electrons. The van der Waals surface area contributed by atoms with E-state index in [1.54, 1.807) is 0 Å². The number of hydrogen-bond acceptors (Lipinski definition) is 6. The normalized spacial score (nSPS) is 28.9. The highest BCUT2D eigenvalue weighted by molar-refractivity contribution is 7.91. The van der Waals surface area contributed by atoms with Crippen molar-refractivity contribution in [3.63, 3.8) is 0 Å². The van der Waals surface area contributed by atoms with E-state index in [1.807, 2.05) is 0 Å². The molecule has 0 aliphatic carbocycles. The minimum Gasteiger partial charge on any atom is -0.726 e. The lowest BCUT2D eigenvalue weighted by atomic mass is 10.3. The highest BCUT2D eigenvalue weighted by Crippen LogP contribution is 2.15. The van der Waals surface area contributed by atoms with Crippen molar-refractivity contribution in [1.82, 2.24) is 0 Å². The smallest absolute Gasteiger partial charge is 0.217 e. The molecule has 1 unspecified atom stereocenters. The minimum absolute atomic E-state index is 0.0732. The van der Waals surface area contributed by atoms with E-state index in [0.29, 0.717) is 0 Å². The topological polar surface area (TPSA) is 101 Å². The van der Waals surface area contributed by atoms with Crippen molar-refractivity contribution in [3.05, 3.63) is 0 Å². The van der Waals surface area contributed by atoms with Gasteiger partial charge >= 0.3 is 0 Å². The molecule has 6 nitrogen and oxygen atoms in total. The van der Waals surface area contributed by atoms with Gasteiger partial charge in [-0.3, -0.25) is 4.18 Å². The van der Waals surface area contributed by atoms with Gasteiger partial charge in [0.15, 0.2) is 9.84 Å². The Morgan fingerprint density at radius 2 is 2.00 bits per heavy atom. The van der Waals surface area contributed by atoms with Crippen molar-refractivity contribution in [1.29, 1.82) is 0 Å². The van der Waals surface area contributed by atoms with Crippen LogP contribution >= 0.6 is 0 Å². The van der Waals surface area contributed by atoms with Gasteiger partial charge in [-0.25, -0.2) is 16.8 Å². The van der Waals surface area contributed by atoms with Crippen molar-refractivity contribution < 1.29 is 25.6 Å². The van der Waals surface area contributed by atoms with Crippen molar-refractivity contribution in [2.24, 2.45) is 0 Å². The number of sulfone groups is 1. The van der Waals surface area contributed by atoms with Crippen LogP contribution in [0.2, 0.25) is 0 Å².